The maximum absolute atomic E-state index is 12.3. The van der Waals surface area contributed by atoms with Gasteiger partial charge in [0, 0.05) is 156 Å². The Balaban J connectivity index is -0.000000277. The van der Waals surface area contributed by atoms with E-state index in [-0.39, 0.29) is 238 Å². The van der Waals surface area contributed by atoms with Crippen molar-refractivity contribution >= 4 is 116 Å². The highest BCUT2D eigenvalue weighted by Crippen LogP contribution is 2.49. The van der Waals surface area contributed by atoms with Gasteiger partial charge in [-0.2, -0.15) is 5.26 Å². The lowest BCUT2D eigenvalue weighted by molar-refractivity contribution is -0.156. The summed E-state index contributed by atoms with van der Waals surface area (Å²) in [4.78, 5) is 196. The van der Waals surface area contributed by atoms with E-state index >= 15 is 0 Å². The number of nitrogens with zero attached hydrogens (tertiary/aromatic N) is 3. The standard InChI is InChI=1S/C21H39N2O4P.C18H30O5.C17H28O5.C16H34NO3P.C13H22O4.C12H20O4.CH4/c1-8-20(12-10-19(24)11-13-21(25)16(2)3)27-28(26-15-9-14-22)23(17(4)5)18(6)7;1-5-14(19)9-12-18(22)23-16(6-2)10-7-15(20)8-11-17(21)13(3)4;1-5-15(22-17(21)11-6-13(4)18)9-7-14(19)8-10-16(20)12(2)3;1-9-11-19-21(17(13(5)6)14(7)8)20-15(10-2)16(18)12(3)4;1-5-10(14)7-8-12(15)17-11(6-2)13(16)9(3)4;1-5-10(12(15)8(2)3)16-11(14)7-6-9(4)13;/h16-18,20H,8-13,15H2,1-7H3;13,16H,5-12H2,1-4H3;12,15H,5-11H2,1-4H3;12-15H,9-11H2,1-8H3;9,11H,5-8H2,1-4H3;8,10H,5-7H2,1-4H3;1H4. The molecule has 0 heterocycles. The average molecular weight is 1860 g/mol. The predicted molar refractivity (Wildman–Crippen MR) is 507 cm³/mol. The van der Waals surface area contributed by atoms with Gasteiger partial charge in [0.2, 0.25) is 0 Å². The van der Waals surface area contributed by atoms with Gasteiger partial charge in [-0.25, -0.2) is 9.34 Å². The zero-order valence-corrected chi connectivity index (χ0v) is 86.1. The number of hydrogen-bond donors (Lipinski definition) is 0. The van der Waals surface area contributed by atoms with E-state index in [0.29, 0.717) is 128 Å². The van der Waals surface area contributed by atoms with Gasteiger partial charge in [0.05, 0.1) is 57.5 Å². The molecule has 0 aromatic carbocycles. The van der Waals surface area contributed by atoms with Crippen molar-refractivity contribution in [2.24, 2.45) is 35.5 Å². The quantitative estimate of drug-likeness (QED) is 0.0236. The molecule has 0 radical (unpaired) electrons. The molecule has 0 aliphatic rings. The second-order valence-electron chi connectivity index (χ2n) is 34.6. The highest BCUT2D eigenvalue weighted by Gasteiger charge is 2.34. The van der Waals surface area contributed by atoms with E-state index in [9.17, 15) is 81.5 Å². The molecule has 30 heteroatoms. The second-order valence-corrected chi connectivity index (χ2v) is 37.4. The molecular formula is C98H177N3O25P2. The number of ether oxygens (including phenoxy) is 4. The van der Waals surface area contributed by atoms with Gasteiger partial charge in [-0.3, -0.25) is 71.9 Å². The Morgan fingerprint density at radius 1 is 0.297 bits per heavy atom. The summed E-state index contributed by atoms with van der Waals surface area (Å²) in [7, 11) is -2.50. The fraction of sp³-hybridized carbons (Fsp3) is 0.816. The number of ketones is 13. The Hall–Kier alpha value is -6.30. The van der Waals surface area contributed by atoms with Crippen molar-refractivity contribution < 1.29 is 119 Å². The molecule has 128 heavy (non-hydrogen) atoms. The van der Waals surface area contributed by atoms with Crippen LogP contribution in [0.3, 0.4) is 0 Å². The minimum absolute atomic E-state index is 0. The van der Waals surface area contributed by atoms with Crippen molar-refractivity contribution in [2.75, 3.05) is 13.2 Å². The zero-order valence-electron chi connectivity index (χ0n) is 84.3. The van der Waals surface area contributed by atoms with Crippen LogP contribution in [0.1, 0.15) is 415 Å². The van der Waals surface area contributed by atoms with Crippen LogP contribution in [0.15, 0.2) is 0 Å². The van der Waals surface area contributed by atoms with Crippen LogP contribution in [-0.2, 0) is 119 Å². The minimum Gasteiger partial charge on any atom is -0.462 e. The van der Waals surface area contributed by atoms with E-state index in [1.165, 1.54) is 13.8 Å². The van der Waals surface area contributed by atoms with Crippen LogP contribution in [0.5, 0.6) is 0 Å². The first-order valence-electron chi connectivity index (χ1n) is 46.9. The average Bonchev–Trinajstić information content (AvgIpc) is 0.855. The van der Waals surface area contributed by atoms with Crippen LogP contribution >= 0.6 is 17.1 Å². The van der Waals surface area contributed by atoms with Crippen molar-refractivity contribution in [2.45, 2.75) is 475 Å². The summed E-state index contributed by atoms with van der Waals surface area (Å²) < 4.78 is 49.4. The fourth-order valence-electron chi connectivity index (χ4n) is 11.3. The van der Waals surface area contributed by atoms with Gasteiger partial charge in [0.1, 0.15) is 76.1 Å². The molecule has 0 bridgehead atoms. The number of esters is 4. The van der Waals surface area contributed by atoms with Crippen LogP contribution in [0.25, 0.3) is 0 Å². The van der Waals surface area contributed by atoms with Crippen LogP contribution in [0, 0.1) is 46.8 Å². The molecule has 8 unspecified atom stereocenters. The molecule has 0 aromatic rings. The van der Waals surface area contributed by atoms with E-state index in [2.05, 4.69) is 77.7 Å². The Labute approximate surface area is 775 Å². The highest BCUT2D eigenvalue weighted by molar-refractivity contribution is 7.45. The molecule has 0 fully saturated rings. The number of Topliss-reactive ketones (excluding diaryl/α,β-unsaturated/α-hetero) is 13. The molecule has 28 nitrogen and oxygen atoms in total. The molecular weight excluding hydrogens is 1680 g/mol. The molecule has 8 atom stereocenters. The topological polar surface area (TPSA) is 394 Å². The van der Waals surface area contributed by atoms with Crippen molar-refractivity contribution in [1.29, 1.82) is 5.26 Å². The van der Waals surface area contributed by atoms with Crippen LogP contribution < -0.4 is 0 Å². The lowest BCUT2D eigenvalue weighted by atomic mass is 10.0. The van der Waals surface area contributed by atoms with Crippen molar-refractivity contribution in [3.63, 3.8) is 0 Å². The first-order chi connectivity index (χ1) is 59.2. The molecule has 0 spiro atoms. The summed E-state index contributed by atoms with van der Waals surface area (Å²) in [6.07, 6.45) is 8.78. The molecule has 0 saturated heterocycles. The highest BCUT2D eigenvalue weighted by atomic mass is 31.2. The van der Waals surface area contributed by atoms with E-state index in [0.717, 1.165) is 12.8 Å². The van der Waals surface area contributed by atoms with Crippen molar-refractivity contribution in [1.82, 2.24) is 9.34 Å². The molecule has 744 valence electrons. The Bertz CT molecular complexity index is 3210. The van der Waals surface area contributed by atoms with Gasteiger partial charge in [0.15, 0.2) is 29.6 Å². The summed E-state index contributed by atoms with van der Waals surface area (Å²) in [6.45, 7) is 59.7. The second kappa shape index (κ2) is 81.5. The SMILES string of the molecule is C.CCC(=O)CCC(=O)OC(CC)C(=O)C(C)C.CCC(=O)CCC(=O)OC(CC)CCC(=O)CCC(=O)C(C)C.CCC(CCC(=O)CCC(=O)C(C)C)OC(=O)CCC(C)=O.CCC(CCC(=O)CCC(=O)C(C)C)OP(OCCC#N)N(C(C)C)C(C)C.CCC(OC(=O)CCC(C)=O)C(=O)C(C)C.CCCOP(OC(CC)C(=O)C(C)C)N(C(C)C)C(C)C. The first kappa shape index (κ1) is 135. The Morgan fingerprint density at radius 3 is 0.812 bits per heavy atom. The molecule has 0 aliphatic carbocycles. The summed E-state index contributed by atoms with van der Waals surface area (Å²) in [5.41, 5.74) is 0. The number of carbonyl (C=O) groups excluding carboxylic acids is 17. The summed E-state index contributed by atoms with van der Waals surface area (Å²) in [5.74, 6) is -1.67. The maximum atomic E-state index is 12.3. The first-order valence-corrected chi connectivity index (χ1v) is 49.2. The fourth-order valence-corrected chi connectivity index (χ4v) is 15.0. The van der Waals surface area contributed by atoms with E-state index < -0.39 is 47.2 Å². The third-order valence-electron chi connectivity index (χ3n) is 19.5. The largest absolute Gasteiger partial charge is 0.462 e. The number of hydrogen-bond acceptors (Lipinski definition) is 28. The van der Waals surface area contributed by atoms with Gasteiger partial charge < -0.3 is 46.6 Å². The van der Waals surface area contributed by atoms with Crippen molar-refractivity contribution in [3.8, 4) is 6.07 Å². The third-order valence-corrected chi connectivity index (χ3v) is 23.9. The molecule has 0 aliphatic heterocycles. The predicted octanol–water partition coefficient (Wildman–Crippen LogP) is 21.5. The molecule has 0 saturated carbocycles. The Morgan fingerprint density at radius 2 is 0.562 bits per heavy atom. The van der Waals surface area contributed by atoms with Gasteiger partial charge in [-0.15, -0.1) is 0 Å². The zero-order chi connectivity index (χ0) is 99.4. The maximum Gasteiger partial charge on any atom is 0.306 e. The van der Waals surface area contributed by atoms with Gasteiger partial charge in [-0.05, 0) is 133 Å². The lowest BCUT2D eigenvalue weighted by Crippen LogP contribution is -2.36. The van der Waals surface area contributed by atoms with E-state index in [1.54, 1.807) is 55.4 Å². The van der Waals surface area contributed by atoms with Crippen LogP contribution in [0.4, 0.5) is 0 Å². The van der Waals surface area contributed by atoms with E-state index in [4.69, 9.17) is 42.3 Å². The minimum atomic E-state index is -1.30. The normalized spacial score (nSPS) is 13.0. The Kier molecular flexibility index (Phi) is 85.8. The van der Waals surface area contributed by atoms with Gasteiger partial charge in [0.25, 0.3) is 17.1 Å². The summed E-state index contributed by atoms with van der Waals surface area (Å²) in [5, 5.41) is 8.79. The van der Waals surface area contributed by atoms with Crippen LogP contribution in [-0.4, -0.2) is 182 Å². The number of rotatable bonds is 67. The van der Waals surface area contributed by atoms with Gasteiger partial charge in [-0.1, -0.05) is 153 Å². The summed E-state index contributed by atoms with van der Waals surface area (Å²) >= 11 is 0. The van der Waals surface area contributed by atoms with Gasteiger partial charge >= 0.3 is 23.9 Å². The van der Waals surface area contributed by atoms with Crippen LogP contribution in [0.2, 0.25) is 0 Å². The number of carbonyl (C=O) groups is 17. The number of nitriles is 1. The smallest absolute Gasteiger partial charge is 0.306 e. The summed E-state index contributed by atoms with van der Waals surface area (Å²) in [6, 6.07) is 3.23. The third kappa shape index (κ3) is 72.3. The van der Waals surface area contributed by atoms with Crippen molar-refractivity contribution in [3.05, 3.63) is 0 Å². The van der Waals surface area contributed by atoms with E-state index in [1.807, 2.05) is 83.1 Å². The molecule has 0 N–H and O–H groups in total. The molecule has 0 aromatic heterocycles. The lowest BCUT2D eigenvalue weighted by Gasteiger charge is -2.37. The monoisotopic (exact) mass is 1860 g/mol. The molecule has 0 amide bonds. The molecule has 0 rings (SSSR count).